The van der Waals surface area contributed by atoms with E-state index in [0.29, 0.717) is 24.7 Å². The van der Waals surface area contributed by atoms with Crippen LogP contribution in [0, 0.1) is 6.92 Å². The van der Waals surface area contributed by atoms with E-state index in [4.69, 9.17) is 9.47 Å². The Morgan fingerprint density at radius 2 is 1.89 bits per heavy atom. The SMILES string of the molecule is CCCOc1ccc(/C=N\NC(=O)[C@H](C)Sc2ccc(C)cc2)cc1OCC. The molecule has 150 valence electrons. The number of rotatable bonds is 10. The zero-order valence-electron chi connectivity index (χ0n) is 16.9. The summed E-state index contributed by atoms with van der Waals surface area (Å²) in [6.45, 7) is 9.08. The van der Waals surface area contributed by atoms with Gasteiger partial charge in [0.25, 0.3) is 5.91 Å². The maximum absolute atomic E-state index is 12.3. The van der Waals surface area contributed by atoms with Crippen molar-refractivity contribution in [2.24, 2.45) is 5.10 Å². The molecule has 2 rings (SSSR count). The van der Waals surface area contributed by atoms with E-state index >= 15 is 0 Å². The lowest BCUT2D eigenvalue weighted by atomic mass is 10.2. The van der Waals surface area contributed by atoms with Crippen LogP contribution in [0.3, 0.4) is 0 Å². The number of nitrogens with zero attached hydrogens (tertiary/aromatic N) is 1. The van der Waals surface area contributed by atoms with Crippen LogP contribution in [0.15, 0.2) is 52.5 Å². The van der Waals surface area contributed by atoms with Gasteiger partial charge in [-0.2, -0.15) is 5.10 Å². The van der Waals surface area contributed by atoms with Gasteiger partial charge >= 0.3 is 0 Å². The average Bonchev–Trinajstić information content (AvgIpc) is 2.69. The Labute approximate surface area is 171 Å². The van der Waals surface area contributed by atoms with Crippen LogP contribution >= 0.6 is 11.8 Å². The topological polar surface area (TPSA) is 59.9 Å². The molecule has 5 nitrogen and oxygen atoms in total. The molecule has 0 radical (unpaired) electrons. The maximum atomic E-state index is 12.3. The Morgan fingerprint density at radius 3 is 2.57 bits per heavy atom. The van der Waals surface area contributed by atoms with Gasteiger partial charge in [-0.05, 0) is 63.1 Å². The molecule has 0 bridgehead atoms. The fraction of sp³-hybridized carbons (Fsp3) is 0.364. The predicted octanol–water partition coefficient (Wildman–Crippen LogP) is 4.81. The molecule has 0 unspecified atom stereocenters. The summed E-state index contributed by atoms with van der Waals surface area (Å²) in [5.41, 5.74) is 4.62. The summed E-state index contributed by atoms with van der Waals surface area (Å²) in [4.78, 5) is 13.3. The molecular weight excluding hydrogens is 372 g/mol. The lowest BCUT2D eigenvalue weighted by Gasteiger charge is -2.12. The molecule has 0 spiro atoms. The van der Waals surface area contributed by atoms with E-state index in [9.17, 15) is 4.79 Å². The van der Waals surface area contributed by atoms with Crippen LogP contribution in [0.4, 0.5) is 0 Å². The Hall–Kier alpha value is -2.47. The third-order valence-electron chi connectivity index (χ3n) is 3.82. The van der Waals surface area contributed by atoms with Gasteiger partial charge in [-0.1, -0.05) is 24.6 Å². The molecule has 0 heterocycles. The van der Waals surface area contributed by atoms with Crippen LogP contribution in [0.2, 0.25) is 0 Å². The van der Waals surface area contributed by atoms with Crippen molar-refractivity contribution in [3.63, 3.8) is 0 Å². The molecule has 0 fully saturated rings. The number of ether oxygens (including phenoxy) is 2. The van der Waals surface area contributed by atoms with Crippen molar-refractivity contribution in [2.75, 3.05) is 13.2 Å². The van der Waals surface area contributed by atoms with E-state index in [1.165, 1.54) is 17.3 Å². The predicted molar refractivity (Wildman–Crippen MR) is 116 cm³/mol. The molecule has 0 aliphatic carbocycles. The van der Waals surface area contributed by atoms with Gasteiger partial charge in [-0.3, -0.25) is 4.79 Å². The van der Waals surface area contributed by atoms with E-state index in [1.807, 2.05) is 63.2 Å². The van der Waals surface area contributed by atoms with Crippen molar-refractivity contribution in [2.45, 2.75) is 44.3 Å². The highest BCUT2D eigenvalue weighted by Crippen LogP contribution is 2.28. The molecule has 0 aromatic heterocycles. The highest BCUT2D eigenvalue weighted by Gasteiger charge is 2.13. The van der Waals surface area contributed by atoms with Gasteiger partial charge in [0, 0.05) is 4.90 Å². The largest absolute Gasteiger partial charge is 0.490 e. The van der Waals surface area contributed by atoms with Gasteiger partial charge in [0.15, 0.2) is 11.5 Å². The molecule has 0 saturated heterocycles. The highest BCUT2D eigenvalue weighted by molar-refractivity contribution is 8.00. The third kappa shape index (κ3) is 6.93. The Bertz CT molecular complexity index is 791. The number of hydrazone groups is 1. The lowest BCUT2D eigenvalue weighted by Crippen LogP contribution is -2.26. The van der Waals surface area contributed by atoms with Gasteiger partial charge < -0.3 is 9.47 Å². The average molecular weight is 401 g/mol. The zero-order valence-corrected chi connectivity index (χ0v) is 17.7. The van der Waals surface area contributed by atoms with Crippen LogP contribution in [0.5, 0.6) is 11.5 Å². The number of carbonyl (C=O) groups excluding carboxylic acids is 1. The van der Waals surface area contributed by atoms with E-state index in [1.54, 1.807) is 6.21 Å². The summed E-state index contributed by atoms with van der Waals surface area (Å²) in [6, 6.07) is 13.7. The van der Waals surface area contributed by atoms with Crippen molar-refractivity contribution in [1.29, 1.82) is 0 Å². The first-order valence-electron chi connectivity index (χ1n) is 9.49. The van der Waals surface area contributed by atoms with Gasteiger partial charge in [0.2, 0.25) is 0 Å². The maximum Gasteiger partial charge on any atom is 0.253 e. The number of hydrogen-bond acceptors (Lipinski definition) is 5. The smallest absolute Gasteiger partial charge is 0.253 e. The fourth-order valence-corrected chi connectivity index (χ4v) is 3.20. The first-order valence-corrected chi connectivity index (χ1v) is 10.4. The summed E-state index contributed by atoms with van der Waals surface area (Å²) < 4.78 is 11.3. The summed E-state index contributed by atoms with van der Waals surface area (Å²) in [6.07, 6.45) is 2.53. The normalized spacial score (nSPS) is 12.0. The first kappa shape index (κ1) is 21.8. The van der Waals surface area contributed by atoms with E-state index in [2.05, 4.69) is 17.5 Å². The number of nitrogens with one attached hydrogen (secondary N) is 1. The van der Waals surface area contributed by atoms with Crippen molar-refractivity contribution in [3.8, 4) is 11.5 Å². The summed E-state index contributed by atoms with van der Waals surface area (Å²) in [5, 5.41) is 3.83. The van der Waals surface area contributed by atoms with E-state index in [-0.39, 0.29) is 11.2 Å². The molecule has 6 heteroatoms. The molecule has 2 aromatic carbocycles. The van der Waals surface area contributed by atoms with E-state index < -0.39 is 0 Å². The van der Waals surface area contributed by atoms with Crippen molar-refractivity contribution >= 4 is 23.9 Å². The van der Waals surface area contributed by atoms with Crippen LogP contribution < -0.4 is 14.9 Å². The molecule has 1 atom stereocenters. The second kappa shape index (κ2) is 11.4. The minimum Gasteiger partial charge on any atom is -0.490 e. The van der Waals surface area contributed by atoms with Crippen LogP contribution in [0.25, 0.3) is 0 Å². The first-order chi connectivity index (χ1) is 13.5. The highest BCUT2D eigenvalue weighted by atomic mass is 32.2. The molecule has 0 saturated carbocycles. The number of carbonyl (C=O) groups is 1. The van der Waals surface area contributed by atoms with Crippen LogP contribution in [0.1, 0.15) is 38.3 Å². The number of hydrogen-bond donors (Lipinski definition) is 1. The number of amides is 1. The lowest BCUT2D eigenvalue weighted by molar-refractivity contribution is -0.120. The second-order valence-corrected chi connectivity index (χ2v) is 7.71. The standard InChI is InChI=1S/C22H28N2O3S/c1-5-13-27-20-12-9-18(14-21(20)26-6-2)15-23-24-22(25)17(4)28-19-10-7-16(3)8-11-19/h7-12,14-15,17H,5-6,13H2,1-4H3,(H,24,25)/b23-15-/t17-/m0/s1. The molecular formula is C22H28N2O3S. The monoisotopic (exact) mass is 400 g/mol. The van der Waals surface area contributed by atoms with Gasteiger partial charge in [0.05, 0.1) is 24.7 Å². The molecule has 0 aliphatic heterocycles. The van der Waals surface area contributed by atoms with Gasteiger partial charge in [-0.15, -0.1) is 11.8 Å². The Balaban J connectivity index is 1.94. The summed E-state index contributed by atoms with van der Waals surface area (Å²) in [7, 11) is 0. The van der Waals surface area contributed by atoms with Crippen molar-refractivity contribution in [3.05, 3.63) is 53.6 Å². The zero-order chi connectivity index (χ0) is 20.4. The van der Waals surface area contributed by atoms with Crippen LogP contribution in [-0.2, 0) is 4.79 Å². The van der Waals surface area contributed by atoms with Crippen molar-refractivity contribution < 1.29 is 14.3 Å². The van der Waals surface area contributed by atoms with Crippen molar-refractivity contribution in [1.82, 2.24) is 5.43 Å². The van der Waals surface area contributed by atoms with Gasteiger partial charge in [-0.25, -0.2) is 5.43 Å². The Kier molecular flexibility index (Phi) is 8.88. The minimum atomic E-state index is -0.247. The van der Waals surface area contributed by atoms with Crippen LogP contribution in [-0.4, -0.2) is 30.6 Å². The molecule has 28 heavy (non-hydrogen) atoms. The summed E-state index contributed by atoms with van der Waals surface area (Å²) >= 11 is 1.50. The number of benzene rings is 2. The molecule has 2 aromatic rings. The number of aryl methyl sites for hydroxylation is 1. The minimum absolute atomic E-state index is 0.144. The molecule has 0 aliphatic rings. The third-order valence-corrected chi connectivity index (χ3v) is 4.93. The quantitative estimate of drug-likeness (QED) is 0.353. The fourth-order valence-electron chi connectivity index (χ4n) is 2.34. The van der Waals surface area contributed by atoms with Gasteiger partial charge in [0.1, 0.15) is 0 Å². The molecule has 1 N–H and O–H groups in total. The molecule has 1 amide bonds. The number of thioether (sulfide) groups is 1. The second-order valence-electron chi connectivity index (χ2n) is 6.30. The Morgan fingerprint density at radius 1 is 1.14 bits per heavy atom. The summed E-state index contributed by atoms with van der Waals surface area (Å²) in [5.74, 6) is 1.25. The van der Waals surface area contributed by atoms with E-state index in [0.717, 1.165) is 16.9 Å².